The lowest BCUT2D eigenvalue weighted by Crippen LogP contribution is -2.44. The number of anilines is 1. The van der Waals surface area contributed by atoms with E-state index in [9.17, 15) is 4.79 Å². The number of imidazole rings is 1. The van der Waals surface area contributed by atoms with Crippen molar-refractivity contribution in [3.63, 3.8) is 0 Å². The highest BCUT2D eigenvalue weighted by Crippen LogP contribution is 2.28. The summed E-state index contributed by atoms with van der Waals surface area (Å²) >= 11 is 6.24. The van der Waals surface area contributed by atoms with E-state index in [4.69, 9.17) is 21.1 Å². The molecule has 1 aromatic carbocycles. The van der Waals surface area contributed by atoms with Gasteiger partial charge in [-0.15, -0.1) is 0 Å². The van der Waals surface area contributed by atoms with Crippen LogP contribution in [-0.2, 0) is 11.2 Å². The maximum absolute atomic E-state index is 13.0. The number of carbonyl (C=O) groups is 1. The van der Waals surface area contributed by atoms with E-state index in [2.05, 4.69) is 20.3 Å². The second kappa shape index (κ2) is 9.86. The van der Waals surface area contributed by atoms with E-state index in [0.29, 0.717) is 41.4 Å². The third-order valence-electron chi connectivity index (χ3n) is 5.42. The number of nitrogens with one attached hydrogen (secondary N) is 1. The average Bonchev–Trinajstić information content (AvgIpc) is 3.51. The molecule has 2 aromatic heterocycles. The lowest BCUT2D eigenvalue weighted by atomic mass is 10.1. The van der Waals surface area contributed by atoms with E-state index in [0.717, 1.165) is 24.9 Å². The van der Waals surface area contributed by atoms with E-state index < -0.39 is 0 Å². The molecule has 1 fully saturated rings. The minimum absolute atomic E-state index is 0.0260. The first-order valence-electron chi connectivity index (χ1n) is 10.4. The van der Waals surface area contributed by atoms with E-state index in [1.54, 1.807) is 43.6 Å². The number of methoxy groups -OCH3 is 2. The lowest BCUT2D eigenvalue weighted by molar-refractivity contribution is -0.122. The summed E-state index contributed by atoms with van der Waals surface area (Å²) in [4.78, 5) is 27.8. The summed E-state index contributed by atoms with van der Waals surface area (Å²) in [5.74, 6) is 2.38. The normalized spacial score (nSPS) is 15.6. The average molecular weight is 457 g/mol. The fourth-order valence-electron chi connectivity index (χ4n) is 3.83. The monoisotopic (exact) mass is 456 g/mol. The van der Waals surface area contributed by atoms with Gasteiger partial charge in [0.15, 0.2) is 11.5 Å². The van der Waals surface area contributed by atoms with E-state index >= 15 is 0 Å². The van der Waals surface area contributed by atoms with Crippen LogP contribution in [0, 0.1) is 0 Å². The number of amides is 1. The first-order valence-corrected chi connectivity index (χ1v) is 10.7. The Morgan fingerprint density at radius 1 is 1.22 bits per heavy atom. The first kappa shape index (κ1) is 21.9. The Hall–Kier alpha value is -3.33. The molecule has 3 heterocycles. The van der Waals surface area contributed by atoms with Crippen molar-refractivity contribution in [2.24, 2.45) is 0 Å². The molecule has 9 nitrogen and oxygen atoms in total. The van der Waals surface area contributed by atoms with Gasteiger partial charge in [0.1, 0.15) is 23.3 Å². The van der Waals surface area contributed by atoms with E-state index in [1.807, 2.05) is 23.1 Å². The molecule has 1 unspecified atom stereocenters. The number of ether oxygens (including phenoxy) is 2. The number of aromatic nitrogens is 4. The fraction of sp³-hybridized carbons (Fsp3) is 0.364. The maximum Gasteiger partial charge on any atom is 0.242 e. The number of benzene rings is 1. The Morgan fingerprint density at radius 3 is 2.81 bits per heavy atom. The molecule has 1 saturated heterocycles. The smallest absolute Gasteiger partial charge is 0.242 e. The molecule has 0 aliphatic carbocycles. The predicted octanol–water partition coefficient (Wildman–Crippen LogP) is 2.66. The van der Waals surface area contributed by atoms with E-state index in [1.165, 1.54) is 0 Å². The highest BCUT2D eigenvalue weighted by Gasteiger charge is 2.32. The van der Waals surface area contributed by atoms with Gasteiger partial charge >= 0.3 is 0 Å². The quantitative estimate of drug-likeness (QED) is 0.521. The summed E-state index contributed by atoms with van der Waals surface area (Å²) in [6.07, 6.45) is 7.34. The second-order valence-electron chi connectivity index (χ2n) is 7.40. The molecule has 4 rings (SSSR count). The van der Waals surface area contributed by atoms with Crippen molar-refractivity contribution in [2.45, 2.75) is 25.3 Å². The molecular formula is C22H25ClN6O3. The molecule has 1 N–H and O–H groups in total. The van der Waals surface area contributed by atoms with Gasteiger partial charge in [0.2, 0.25) is 11.9 Å². The minimum Gasteiger partial charge on any atom is -0.493 e. The van der Waals surface area contributed by atoms with Crippen LogP contribution in [0.3, 0.4) is 0 Å². The molecule has 0 radical (unpaired) electrons. The van der Waals surface area contributed by atoms with Gasteiger partial charge < -0.3 is 19.7 Å². The van der Waals surface area contributed by atoms with Crippen molar-refractivity contribution < 1.29 is 14.3 Å². The van der Waals surface area contributed by atoms with Gasteiger partial charge in [0, 0.05) is 31.5 Å². The van der Waals surface area contributed by atoms with Gasteiger partial charge in [-0.1, -0.05) is 17.7 Å². The number of hydrogen-bond donors (Lipinski definition) is 1. The van der Waals surface area contributed by atoms with Crippen molar-refractivity contribution in [1.82, 2.24) is 24.8 Å². The zero-order chi connectivity index (χ0) is 22.5. The van der Waals surface area contributed by atoms with Crippen molar-refractivity contribution in [3.05, 3.63) is 53.7 Å². The lowest BCUT2D eigenvalue weighted by Gasteiger charge is -2.25. The Morgan fingerprint density at radius 2 is 2.06 bits per heavy atom. The largest absolute Gasteiger partial charge is 0.493 e. The van der Waals surface area contributed by atoms with E-state index in [-0.39, 0.29) is 11.9 Å². The molecule has 1 atom stereocenters. The van der Waals surface area contributed by atoms with Gasteiger partial charge in [0.25, 0.3) is 0 Å². The van der Waals surface area contributed by atoms with Crippen molar-refractivity contribution in [1.29, 1.82) is 0 Å². The third-order valence-corrected chi connectivity index (χ3v) is 5.61. The highest BCUT2D eigenvalue weighted by molar-refractivity contribution is 6.29. The molecule has 10 heteroatoms. The van der Waals surface area contributed by atoms with Crippen LogP contribution in [0.1, 0.15) is 18.4 Å². The highest BCUT2D eigenvalue weighted by atomic mass is 35.5. The fourth-order valence-corrected chi connectivity index (χ4v) is 4.00. The first-order chi connectivity index (χ1) is 15.6. The van der Waals surface area contributed by atoms with Gasteiger partial charge in [-0.2, -0.15) is 4.98 Å². The maximum atomic E-state index is 13.0. The molecule has 1 aliphatic heterocycles. The van der Waals surface area contributed by atoms with Crippen LogP contribution in [0.2, 0.25) is 5.15 Å². The molecular weight excluding hydrogens is 432 g/mol. The predicted molar refractivity (Wildman–Crippen MR) is 121 cm³/mol. The summed E-state index contributed by atoms with van der Waals surface area (Å²) in [5.41, 5.74) is 1.05. The van der Waals surface area contributed by atoms with Crippen molar-refractivity contribution >= 4 is 23.3 Å². The number of carbonyl (C=O) groups excluding carboxylic acids is 1. The third kappa shape index (κ3) is 4.77. The Bertz CT molecular complexity index is 1080. The summed E-state index contributed by atoms with van der Waals surface area (Å²) in [7, 11) is 3.21. The molecule has 3 aromatic rings. The number of nitrogens with zero attached hydrogens (tertiary/aromatic N) is 5. The topological polar surface area (TPSA) is 94.4 Å². The van der Waals surface area contributed by atoms with Crippen LogP contribution in [0.15, 0.2) is 43.0 Å². The minimum atomic E-state index is -0.304. The Balaban J connectivity index is 1.41. The molecule has 0 spiro atoms. The molecule has 0 bridgehead atoms. The van der Waals surface area contributed by atoms with Crippen LogP contribution in [-0.4, -0.2) is 58.8 Å². The second-order valence-corrected chi connectivity index (χ2v) is 7.79. The zero-order valence-electron chi connectivity index (χ0n) is 18.0. The summed E-state index contributed by atoms with van der Waals surface area (Å²) in [6.45, 7) is 1.24. The SMILES string of the molecule is COc1ccc(CCNC(=O)C2CCCN2c2cc(Cl)nc(-n3ccnc3)n2)cc1OC. The van der Waals surface area contributed by atoms with Crippen LogP contribution in [0.4, 0.5) is 5.82 Å². The van der Waals surface area contributed by atoms with Crippen LogP contribution in [0.5, 0.6) is 11.5 Å². The van der Waals surface area contributed by atoms with Crippen LogP contribution in [0.25, 0.3) is 5.95 Å². The molecule has 1 amide bonds. The van der Waals surface area contributed by atoms with Crippen molar-refractivity contribution in [3.8, 4) is 17.4 Å². The summed E-state index contributed by atoms with van der Waals surface area (Å²) in [6, 6.07) is 7.15. The zero-order valence-corrected chi connectivity index (χ0v) is 18.7. The number of halogens is 1. The number of hydrogen-bond acceptors (Lipinski definition) is 7. The Kier molecular flexibility index (Phi) is 6.75. The molecule has 1 aliphatic rings. The van der Waals surface area contributed by atoms with Crippen molar-refractivity contribution in [2.75, 3.05) is 32.2 Å². The van der Waals surface area contributed by atoms with Gasteiger partial charge in [-0.05, 0) is 37.0 Å². The summed E-state index contributed by atoms with van der Waals surface area (Å²) in [5, 5.41) is 3.37. The van der Waals surface area contributed by atoms with Crippen LogP contribution >= 0.6 is 11.6 Å². The van der Waals surface area contributed by atoms with Gasteiger partial charge in [-0.25, -0.2) is 9.97 Å². The number of rotatable bonds is 8. The molecule has 0 saturated carbocycles. The standard InChI is InChI=1S/C22H25ClN6O3/c1-31-17-6-5-15(12-18(17)32-2)7-8-25-21(30)16-4-3-10-29(16)20-13-19(23)26-22(27-20)28-11-9-24-14-28/h5-6,9,11-14,16H,3-4,7-8,10H2,1-2H3,(H,25,30). The molecule has 168 valence electrons. The Labute approximate surface area is 191 Å². The van der Waals surface area contributed by atoms with Gasteiger partial charge in [0.05, 0.1) is 14.2 Å². The van der Waals surface area contributed by atoms with Gasteiger partial charge in [-0.3, -0.25) is 9.36 Å². The van der Waals surface area contributed by atoms with Crippen LogP contribution < -0.4 is 19.7 Å². The molecule has 32 heavy (non-hydrogen) atoms. The summed E-state index contributed by atoms with van der Waals surface area (Å²) < 4.78 is 12.3.